The van der Waals surface area contributed by atoms with Crippen LogP contribution in [0.3, 0.4) is 0 Å². The number of thiol groups is 1. The molecule has 92 valence electrons. The second-order valence-corrected chi connectivity index (χ2v) is 5.38. The van der Waals surface area contributed by atoms with Gasteiger partial charge in [0.25, 0.3) is 0 Å². The summed E-state index contributed by atoms with van der Waals surface area (Å²) in [6.45, 7) is 1.63. The van der Waals surface area contributed by atoms with Crippen LogP contribution in [0.25, 0.3) is 0 Å². The Bertz CT molecular complexity index is 459. The lowest BCUT2D eigenvalue weighted by atomic mass is 9.98. The zero-order valence-corrected chi connectivity index (χ0v) is 11.4. The van der Waals surface area contributed by atoms with Crippen LogP contribution in [0.5, 0.6) is 0 Å². The first kappa shape index (κ1) is 14.2. The topological polar surface area (TPSA) is 74.6 Å². The van der Waals surface area contributed by atoms with Gasteiger partial charge >= 0.3 is 5.97 Å². The molecule has 2 N–H and O–H groups in total. The average molecular weight is 319 g/mol. The number of rotatable bonds is 4. The molecule has 0 heterocycles. The van der Waals surface area contributed by atoms with Gasteiger partial charge in [0.2, 0.25) is 0 Å². The molecule has 1 aromatic rings. The van der Waals surface area contributed by atoms with Crippen LogP contribution in [0, 0.1) is 0 Å². The van der Waals surface area contributed by atoms with Crippen molar-refractivity contribution in [3.05, 3.63) is 29.3 Å². The molecule has 1 rings (SSSR count). The van der Waals surface area contributed by atoms with Crippen molar-refractivity contribution in [2.24, 2.45) is 0 Å². The molecule has 0 bridgehead atoms. The van der Waals surface area contributed by atoms with Crippen molar-refractivity contribution in [1.82, 2.24) is 0 Å². The van der Waals surface area contributed by atoms with E-state index in [1.807, 2.05) is 0 Å². The van der Waals surface area contributed by atoms with Crippen LogP contribution < -0.4 is 0 Å². The summed E-state index contributed by atoms with van der Waals surface area (Å²) < 4.78 is 0. The van der Waals surface area contributed by atoms with Crippen LogP contribution in [0.1, 0.15) is 28.9 Å². The Hall–Kier alpha value is -0.850. The zero-order chi connectivity index (χ0) is 13.2. The zero-order valence-electron chi connectivity index (χ0n) is 8.92. The van der Waals surface area contributed by atoms with Crippen LogP contribution in [0.2, 0.25) is 0 Å². The van der Waals surface area contributed by atoms with Gasteiger partial charge in [-0.2, -0.15) is 0 Å². The number of Topliss-reactive ketones (excluding diaryl/α,β-unsaturated/α-hetero) is 1. The number of hydrogen-bond acceptors (Lipinski definition) is 4. The molecule has 0 aliphatic heterocycles. The van der Waals surface area contributed by atoms with E-state index in [-0.39, 0.29) is 16.9 Å². The Morgan fingerprint density at radius 2 is 2.00 bits per heavy atom. The molecule has 0 saturated carbocycles. The molecule has 0 aliphatic rings. The SMILES string of the molecule is CC(Br)C(=O)c1ccc(S)cc1C(O)C(=O)O. The number of carboxylic acid groups (broad SMARTS) is 1. The number of carboxylic acids is 1. The molecule has 0 radical (unpaired) electrons. The summed E-state index contributed by atoms with van der Waals surface area (Å²) >= 11 is 7.18. The fourth-order valence-corrected chi connectivity index (χ4v) is 1.81. The van der Waals surface area contributed by atoms with Gasteiger partial charge in [-0.3, -0.25) is 4.79 Å². The molecule has 4 nitrogen and oxygen atoms in total. The third-order valence-corrected chi connectivity index (χ3v) is 2.88. The number of ketones is 1. The third-order valence-electron chi connectivity index (χ3n) is 2.19. The molecule has 0 saturated heterocycles. The highest BCUT2D eigenvalue weighted by Crippen LogP contribution is 2.24. The van der Waals surface area contributed by atoms with Crippen molar-refractivity contribution in [1.29, 1.82) is 0 Å². The Morgan fingerprint density at radius 3 is 2.47 bits per heavy atom. The summed E-state index contributed by atoms with van der Waals surface area (Å²) in [6, 6.07) is 4.41. The minimum atomic E-state index is -1.73. The van der Waals surface area contributed by atoms with E-state index < -0.39 is 16.9 Å². The van der Waals surface area contributed by atoms with Crippen molar-refractivity contribution in [2.75, 3.05) is 0 Å². The lowest BCUT2D eigenvalue weighted by Crippen LogP contribution is -2.18. The molecular formula is C11H11BrO4S. The van der Waals surface area contributed by atoms with Crippen molar-refractivity contribution >= 4 is 40.3 Å². The van der Waals surface area contributed by atoms with Gasteiger partial charge in [0.15, 0.2) is 11.9 Å². The van der Waals surface area contributed by atoms with Gasteiger partial charge in [-0.05, 0) is 25.1 Å². The molecule has 0 amide bonds. The maximum atomic E-state index is 11.8. The number of halogens is 1. The van der Waals surface area contributed by atoms with Crippen molar-refractivity contribution < 1.29 is 19.8 Å². The van der Waals surface area contributed by atoms with E-state index in [1.165, 1.54) is 12.1 Å². The van der Waals surface area contributed by atoms with E-state index >= 15 is 0 Å². The summed E-state index contributed by atoms with van der Waals surface area (Å²) in [7, 11) is 0. The van der Waals surface area contributed by atoms with E-state index in [0.717, 1.165) is 0 Å². The number of alkyl halides is 1. The molecule has 0 fully saturated rings. The fourth-order valence-electron chi connectivity index (χ4n) is 1.35. The lowest BCUT2D eigenvalue weighted by molar-refractivity contribution is -0.146. The molecule has 1 aromatic carbocycles. The first-order valence-corrected chi connectivity index (χ1v) is 6.13. The summed E-state index contributed by atoms with van der Waals surface area (Å²) in [6.07, 6.45) is -1.73. The van der Waals surface area contributed by atoms with Crippen LogP contribution in [0.15, 0.2) is 23.1 Å². The maximum absolute atomic E-state index is 11.8. The summed E-state index contributed by atoms with van der Waals surface area (Å²) in [5.41, 5.74) is 0.239. The predicted octanol–water partition coefficient (Wildman–Crippen LogP) is 2.06. The average Bonchev–Trinajstić information content (AvgIpc) is 2.26. The first-order valence-electron chi connectivity index (χ1n) is 4.76. The molecule has 17 heavy (non-hydrogen) atoms. The molecular weight excluding hydrogens is 308 g/mol. The number of aliphatic hydroxyl groups excluding tert-OH is 1. The highest BCUT2D eigenvalue weighted by Gasteiger charge is 2.24. The minimum absolute atomic E-state index is 0.0568. The summed E-state index contributed by atoms with van der Waals surface area (Å²) in [4.78, 5) is 22.6. The molecule has 0 spiro atoms. The summed E-state index contributed by atoms with van der Waals surface area (Å²) in [5.74, 6) is -1.69. The van der Waals surface area contributed by atoms with Gasteiger partial charge in [0, 0.05) is 16.0 Å². The van der Waals surface area contributed by atoms with Crippen molar-refractivity contribution in [3.8, 4) is 0 Å². The quantitative estimate of drug-likeness (QED) is 0.451. The molecule has 2 atom stereocenters. The second kappa shape index (κ2) is 5.66. The van der Waals surface area contributed by atoms with Crippen LogP contribution in [0.4, 0.5) is 0 Å². The van der Waals surface area contributed by atoms with Crippen LogP contribution in [-0.4, -0.2) is 26.8 Å². The van der Waals surface area contributed by atoms with Gasteiger partial charge < -0.3 is 10.2 Å². The number of carbonyl (C=O) groups excluding carboxylic acids is 1. The number of carbonyl (C=O) groups is 2. The number of hydrogen-bond donors (Lipinski definition) is 3. The second-order valence-electron chi connectivity index (χ2n) is 3.49. The van der Waals surface area contributed by atoms with Crippen molar-refractivity contribution in [3.63, 3.8) is 0 Å². The highest BCUT2D eigenvalue weighted by molar-refractivity contribution is 9.10. The smallest absolute Gasteiger partial charge is 0.337 e. The van der Waals surface area contributed by atoms with E-state index in [1.54, 1.807) is 13.0 Å². The van der Waals surface area contributed by atoms with Gasteiger partial charge in [-0.15, -0.1) is 12.6 Å². The minimum Gasteiger partial charge on any atom is -0.479 e. The highest BCUT2D eigenvalue weighted by atomic mass is 79.9. The van der Waals surface area contributed by atoms with Gasteiger partial charge in [0.05, 0.1) is 4.83 Å². The van der Waals surface area contributed by atoms with Crippen LogP contribution >= 0.6 is 28.6 Å². The number of aliphatic carboxylic acids is 1. The summed E-state index contributed by atoms with van der Waals surface area (Å²) in [5, 5.41) is 18.3. The molecule has 0 aromatic heterocycles. The normalized spacial score (nSPS) is 14.1. The van der Waals surface area contributed by atoms with E-state index in [9.17, 15) is 14.7 Å². The van der Waals surface area contributed by atoms with E-state index in [2.05, 4.69) is 28.6 Å². The molecule has 2 unspecified atom stereocenters. The lowest BCUT2D eigenvalue weighted by Gasteiger charge is -2.13. The largest absolute Gasteiger partial charge is 0.479 e. The number of aliphatic hydroxyl groups is 1. The van der Waals surface area contributed by atoms with Gasteiger partial charge in [0.1, 0.15) is 0 Å². The Balaban J connectivity index is 3.31. The Kier molecular flexibility index (Phi) is 4.73. The number of benzene rings is 1. The fraction of sp³-hybridized carbons (Fsp3) is 0.273. The predicted molar refractivity (Wildman–Crippen MR) is 69.0 cm³/mol. The van der Waals surface area contributed by atoms with Gasteiger partial charge in [-0.25, -0.2) is 4.79 Å². The van der Waals surface area contributed by atoms with E-state index in [4.69, 9.17) is 5.11 Å². The maximum Gasteiger partial charge on any atom is 0.337 e. The van der Waals surface area contributed by atoms with Gasteiger partial charge in [-0.1, -0.05) is 15.9 Å². The van der Waals surface area contributed by atoms with Crippen LogP contribution in [-0.2, 0) is 4.79 Å². The third kappa shape index (κ3) is 3.31. The molecule has 0 aliphatic carbocycles. The standard InChI is InChI=1S/C11H11BrO4S/c1-5(12)9(13)7-3-2-6(17)4-8(7)10(14)11(15)16/h2-5,10,14,17H,1H3,(H,15,16). The van der Waals surface area contributed by atoms with Crippen molar-refractivity contribution in [2.45, 2.75) is 22.8 Å². The monoisotopic (exact) mass is 318 g/mol. The van der Waals surface area contributed by atoms with E-state index in [0.29, 0.717) is 4.90 Å². The Morgan fingerprint density at radius 1 is 1.41 bits per heavy atom. The Labute approximate surface area is 112 Å². The molecule has 6 heteroatoms. The first-order chi connectivity index (χ1) is 7.84.